The lowest BCUT2D eigenvalue weighted by Crippen LogP contribution is -2.70. The molecule has 2 aromatic carbocycles. The molecule has 0 radical (unpaired) electrons. The number of fused-ring (bicyclic) bond motifs is 1. The minimum atomic E-state index is -1.03. The number of imide groups is 1. The first-order chi connectivity index (χ1) is 19.1. The number of nitrogens with zero attached hydrogens (tertiary/aromatic N) is 2. The number of aryl methyl sites for hydroxylation is 1. The fourth-order valence-corrected chi connectivity index (χ4v) is 7.30. The van der Waals surface area contributed by atoms with E-state index in [1.54, 1.807) is 26.4 Å². The molecular formula is C32H43N3O5. The summed E-state index contributed by atoms with van der Waals surface area (Å²) in [6, 6.07) is 12.5. The van der Waals surface area contributed by atoms with Gasteiger partial charge >= 0.3 is 6.03 Å². The van der Waals surface area contributed by atoms with Gasteiger partial charge < -0.3 is 20.3 Å². The summed E-state index contributed by atoms with van der Waals surface area (Å²) in [5.41, 5.74) is 6.98. The Labute approximate surface area is 237 Å². The van der Waals surface area contributed by atoms with Gasteiger partial charge in [-0.3, -0.25) is 14.6 Å². The molecule has 2 aromatic rings. The van der Waals surface area contributed by atoms with E-state index < -0.39 is 23.0 Å². The van der Waals surface area contributed by atoms with Crippen molar-refractivity contribution in [3.63, 3.8) is 0 Å². The Morgan fingerprint density at radius 3 is 2.35 bits per heavy atom. The number of hydrogen-bond donors (Lipinski definition) is 2. The number of primary amides is 1. The van der Waals surface area contributed by atoms with E-state index in [0.717, 1.165) is 52.8 Å². The third-order valence-electron chi connectivity index (χ3n) is 9.89. The van der Waals surface area contributed by atoms with Crippen LogP contribution in [0.15, 0.2) is 42.5 Å². The lowest BCUT2D eigenvalue weighted by Gasteiger charge is -2.61. The van der Waals surface area contributed by atoms with Gasteiger partial charge in [0.2, 0.25) is 5.91 Å². The van der Waals surface area contributed by atoms with E-state index in [1.807, 2.05) is 30.3 Å². The molecule has 0 spiro atoms. The molecule has 3 unspecified atom stereocenters. The second kappa shape index (κ2) is 11.1. The van der Waals surface area contributed by atoms with Crippen molar-refractivity contribution in [2.75, 3.05) is 27.3 Å². The van der Waals surface area contributed by atoms with Crippen LogP contribution < -0.4 is 15.2 Å². The van der Waals surface area contributed by atoms with Crippen LogP contribution in [0.4, 0.5) is 4.79 Å². The lowest BCUT2D eigenvalue weighted by atomic mass is 9.51. The van der Waals surface area contributed by atoms with E-state index in [-0.39, 0.29) is 18.5 Å². The molecule has 3 amide bonds. The first kappa shape index (κ1) is 28.4. The molecule has 5 rings (SSSR count). The van der Waals surface area contributed by atoms with Gasteiger partial charge in [0.15, 0.2) is 0 Å². The molecule has 3 fully saturated rings. The zero-order valence-electron chi connectivity index (χ0n) is 24.2. The highest BCUT2D eigenvalue weighted by molar-refractivity contribution is 5.95. The third kappa shape index (κ3) is 5.07. The molecule has 8 heteroatoms. The Kier molecular flexibility index (Phi) is 7.86. The summed E-state index contributed by atoms with van der Waals surface area (Å²) >= 11 is 0. The SMILES string of the molecule is COc1ccc(CN(C(N)=O)C(=O)C2CCC3(O)[C@@H](C)N(CC4CC4)CCC3(c3cc(OC)ccc3C)C2)cc1. The summed E-state index contributed by atoms with van der Waals surface area (Å²) < 4.78 is 10.8. The summed E-state index contributed by atoms with van der Waals surface area (Å²) in [6.07, 6.45) is 4.66. The summed E-state index contributed by atoms with van der Waals surface area (Å²) in [6.45, 7) is 6.16. The van der Waals surface area contributed by atoms with Crippen LogP contribution in [0.25, 0.3) is 0 Å². The standard InChI is InChI=1S/C32H43N3O5/c1-21-5-10-27(40-4)17-28(21)31-15-16-34(19-23-6-7-23)22(2)32(31,38)14-13-25(18-31)29(36)35(30(33)37)20-24-8-11-26(39-3)12-9-24/h5,8-12,17,22-23,25,38H,6-7,13-16,18-20H2,1-4H3,(H2,33,37)/t22-,25?,31?,32?/m1/s1. The predicted octanol–water partition coefficient (Wildman–Crippen LogP) is 4.39. The maximum atomic E-state index is 14.0. The van der Waals surface area contributed by atoms with Crippen LogP contribution in [0, 0.1) is 18.8 Å². The van der Waals surface area contributed by atoms with Crippen molar-refractivity contribution >= 4 is 11.9 Å². The molecule has 1 heterocycles. The quantitative estimate of drug-likeness (QED) is 0.506. The van der Waals surface area contributed by atoms with Crippen LogP contribution in [0.3, 0.4) is 0 Å². The highest BCUT2D eigenvalue weighted by Gasteiger charge is 2.62. The van der Waals surface area contributed by atoms with Crippen molar-refractivity contribution in [1.82, 2.24) is 9.80 Å². The number of ether oxygens (including phenoxy) is 2. The molecule has 3 aliphatic rings. The number of aliphatic hydroxyl groups is 1. The van der Waals surface area contributed by atoms with E-state index in [2.05, 4.69) is 18.7 Å². The number of piperidine rings is 1. The molecule has 40 heavy (non-hydrogen) atoms. The largest absolute Gasteiger partial charge is 0.497 e. The van der Waals surface area contributed by atoms with Crippen LogP contribution in [-0.2, 0) is 16.8 Å². The Morgan fingerprint density at radius 2 is 1.73 bits per heavy atom. The van der Waals surface area contributed by atoms with Gasteiger partial charge in [0.1, 0.15) is 11.5 Å². The molecule has 8 nitrogen and oxygen atoms in total. The minimum absolute atomic E-state index is 0.0601. The summed E-state index contributed by atoms with van der Waals surface area (Å²) in [4.78, 5) is 30.2. The first-order valence-electron chi connectivity index (χ1n) is 14.5. The number of methoxy groups -OCH3 is 2. The summed E-state index contributed by atoms with van der Waals surface area (Å²) in [5.74, 6) is 1.43. The average Bonchev–Trinajstić information content (AvgIpc) is 3.78. The van der Waals surface area contributed by atoms with Crippen LogP contribution >= 0.6 is 0 Å². The molecule has 1 saturated heterocycles. The van der Waals surface area contributed by atoms with Crippen molar-refractivity contribution in [3.8, 4) is 11.5 Å². The average molecular weight is 550 g/mol. The van der Waals surface area contributed by atoms with E-state index in [9.17, 15) is 14.7 Å². The maximum absolute atomic E-state index is 14.0. The molecular weight excluding hydrogens is 506 g/mol. The van der Waals surface area contributed by atoms with Crippen LogP contribution in [0.2, 0.25) is 0 Å². The molecule has 216 valence electrons. The van der Waals surface area contributed by atoms with Gasteiger partial charge in [-0.2, -0.15) is 0 Å². The van der Waals surface area contributed by atoms with Gasteiger partial charge in [0.05, 0.1) is 26.4 Å². The predicted molar refractivity (Wildman–Crippen MR) is 153 cm³/mol. The smallest absolute Gasteiger partial charge is 0.321 e. The van der Waals surface area contributed by atoms with Gasteiger partial charge in [-0.05, 0) is 106 Å². The fourth-order valence-electron chi connectivity index (χ4n) is 7.30. The number of benzene rings is 2. The molecule has 4 atom stereocenters. The van der Waals surface area contributed by atoms with Crippen molar-refractivity contribution in [3.05, 3.63) is 59.2 Å². The van der Waals surface area contributed by atoms with Crippen molar-refractivity contribution in [2.24, 2.45) is 17.6 Å². The number of rotatable bonds is 8. The van der Waals surface area contributed by atoms with Crippen LogP contribution in [-0.4, -0.2) is 65.8 Å². The maximum Gasteiger partial charge on any atom is 0.321 e. The number of nitrogens with two attached hydrogens (primary N) is 1. The molecule has 0 bridgehead atoms. The fraction of sp³-hybridized carbons (Fsp3) is 0.562. The second-order valence-electron chi connectivity index (χ2n) is 12.1. The topological polar surface area (TPSA) is 105 Å². The number of carbonyl (C=O) groups is 2. The monoisotopic (exact) mass is 549 g/mol. The van der Waals surface area contributed by atoms with E-state index in [1.165, 1.54) is 12.8 Å². The van der Waals surface area contributed by atoms with Crippen molar-refractivity contribution < 1.29 is 24.2 Å². The molecule has 2 aliphatic carbocycles. The van der Waals surface area contributed by atoms with Gasteiger partial charge in [-0.15, -0.1) is 0 Å². The second-order valence-corrected chi connectivity index (χ2v) is 12.1. The Bertz CT molecular complexity index is 1250. The zero-order chi connectivity index (χ0) is 28.7. The number of likely N-dealkylation sites (tertiary alicyclic amines) is 1. The molecule has 0 aromatic heterocycles. The normalized spacial score (nSPS) is 28.4. The number of carbonyl (C=O) groups excluding carboxylic acids is 2. The minimum Gasteiger partial charge on any atom is -0.497 e. The van der Waals surface area contributed by atoms with Gasteiger partial charge in [0.25, 0.3) is 0 Å². The number of urea groups is 1. The molecule has 2 saturated carbocycles. The Hall–Kier alpha value is -3.10. The lowest BCUT2D eigenvalue weighted by molar-refractivity contribution is -0.170. The summed E-state index contributed by atoms with van der Waals surface area (Å²) in [7, 11) is 3.24. The number of amides is 3. The van der Waals surface area contributed by atoms with E-state index in [4.69, 9.17) is 15.2 Å². The van der Waals surface area contributed by atoms with Crippen LogP contribution in [0.5, 0.6) is 11.5 Å². The van der Waals surface area contributed by atoms with Gasteiger partial charge in [-0.1, -0.05) is 18.2 Å². The highest BCUT2D eigenvalue weighted by Crippen LogP contribution is 2.57. The highest BCUT2D eigenvalue weighted by atomic mass is 16.5. The molecule has 1 aliphatic heterocycles. The summed E-state index contributed by atoms with van der Waals surface area (Å²) in [5, 5.41) is 12.7. The molecule has 3 N–H and O–H groups in total. The Morgan fingerprint density at radius 1 is 1.05 bits per heavy atom. The number of hydrogen-bond acceptors (Lipinski definition) is 6. The zero-order valence-corrected chi connectivity index (χ0v) is 24.2. The van der Waals surface area contributed by atoms with Crippen molar-refractivity contribution in [1.29, 1.82) is 0 Å². The van der Waals surface area contributed by atoms with Crippen LogP contribution in [0.1, 0.15) is 62.1 Å². The first-order valence-corrected chi connectivity index (χ1v) is 14.5. The van der Waals surface area contributed by atoms with Gasteiger partial charge in [-0.25, -0.2) is 4.79 Å². The third-order valence-corrected chi connectivity index (χ3v) is 9.89. The van der Waals surface area contributed by atoms with Gasteiger partial charge in [0, 0.05) is 23.9 Å². The van der Waals surface area contributed by atoms with E-state index in [0.29, 0.717) is 25.0 Å². The van der Waals surface area contributed by atoms with Crippen molar-refractivity contribution in [2.45, 2.75) is 76.0 Å². The Balaban J connectivity index is 1.49. The van der Waals surface area contributed by atoms with E-state index >= 15 is 0 Å².